The summed E-state index contributed by atoms with van der Waals surface area (Å²) < 4.78 is 0. The van der Waals surface area contributed by atoms with E-state index in [1.807, 2.05) is 31.2 Å². The molecular formula is C14H22. The quantitative estimate of drug-likeness (QED) is 0.386. The van der Waals surface area contributed by atoms with Crippen molar-refractivity contribution < 1.29 is 0 Å². The number of rotatable bonds is 8. The zero-order valence-electron chi connectivity index (χ0n) is 9.50. The minimum atomic E-state index is 1.05. The van der Waals surface area contributed by atoms with E-state index in [4.69, 9.17) is 0 Å². The van der Waals surface area contributed by atoms with Crippen LogP contribution in [0.4, 0.5) is 0 Å². The summed E-state index contributed by atoms with van der Waals surface area (Å²) >= 11 is 0. The molecule has 0 aromatic heterocycles. The molecule has 0 aliphatic carbocycles. The number of allylic oxidation sites excluding steroid dienone is 6. The van der Waals surface area contributed by atoms with E-state index in [1.165, 1.54) is 25.7 Å². The van der Waals surface area contributed by atoms with Crippen molar-refractivity contribution in [2.24, 2.45) is 0 Å². The van der Waals surface area contributed by atoms with Gasteiger partial charge in [-0.1, -0.05) is 56.6 Å². The van der Waals surface area contributed by atoms with Crippen molar-refractivity contribution in [1.29, 1.82) is 0 Å². The Labute approximate surface area is 89.4 Å². The molecule has 0 N–H and O–H groups in total. The van der Waals surface area contributed by atoms with Crippen LogP contribution in [0.25, 0.3) is 0 Å². The van der Waals surface area contributed by atoms with Gasteiger partial charge in [0.1, 0.15) is 0 Å². The van der Waals surface area contributed by atoms with Gasteiger partial charge in [0.05, 0.1) is 0 Å². The van der Waals surface area contributed by atoms with Gasteiger partial charge in [0.15, 0.2) is 0 Å². The van der Waals surface area contributed by atoms with Crippen molar-refractivity contribution in [3.63, 3.8) is 0 Å². The lowest BCUT2D eigenvalue weighted by Crippen LogP contribution is -1.76. The lowest BCUT2D eigenvalue weighted by atomic mass is 10.1. The Bertz CT molecular complexity index is 172. The Kier molecular flexibility index (Phi) is 11.5. The molecule has 0 spiro atoms. The van der Waals surface area contributed by atoms with Crippen molar-refractivity contribution in [1.82, 2.24) is 0 Å². The Morgan fingerprint density at radius 2 is 2.00 bits per heavy atom. The molecule has 0 unspecified atom stereocenters. The van der Waals surface area contributed by atoms with E-state index in [-0.39, 0.29) is 0 Å². The van der Waals surface area contributed by atoms with Crippen LogP contribution in [-0.2, 0) is 0 Å². The monoisotopic (exact) mass is 190 g/mol. The molecule has 0 aliphatic rings. The van der Waals surface area contributed by atoms with Crippen LogP contribution in [0, 0.1) is 12.5 Å². The van der Waals surface area contributed by atoms with E-state index in [0.717, 1.165) is 6.42 Å². The molecule has 0 rings (SSSR count). The zero-order chi connectivity index (χ0) is 10.5. The van der Waals surface area contributed by atoms with Crippen molar-refractivity contribution in [2.45, 2.75) is 46.0 Å². The number of hydrogen-bond acceptors (Lipinski definition) is 0. The summed E-state index contributed by atoms with van der Waals surface area (Å²) in [4.78, 5) is 0. The first-order chi connectivity index (χ1) is 6.91. The van der Waals surface area contributed by atoms with Gasteiger partial charge in [-0.05, 0) is 32.3 Å². The van der Waals surface area contributed by atoms with Gasteiger partial charge in [-0.25, -0.2) is 0 Å². The Morgan fingerprint density at radius 3 is 2.71 bits per heavy atom. The molecule has 0 aliphatic heterocycles. The van der Waals surface area contributed by atoms with Gasteiger partial charge >= 0.3 is 0 Å². The fourth-order valence-corrected chi connectivity index (χ4v) is 1.10. The fourth-order valence-electron chi connectivity index (χ4n) is 1.10. The maximum atomic E-state index is 3.12. The molecule has 0 amide bonds. The largest absolute Gasteiger partial charge is 0.0877 e. The summed E-state index contributed by atoms with van der Waals surface area (Å²) in [5, 5.41) is 0. The Morgan fingerprint density at radius 1 is 1.14 bits per heavy atom. The molecule has 14 heavy (non-hydrogen) atoms. The average molecular weight is 190 g/mol. The van der Waals surface area contributed by atoms with Crippen LogP contribution in [0.5, 0.6) is 0 Å². The summed E-state index contributed by atoms with van der Waals surface area (Å²) in [5.41, 5.74) is 0. The van der Waals surface area contributed by atoms with Gasteiger partial charge in [0.25, 0.3) is 0 Å². The van der Waals surface area contributed by atoms with Crippen LogP contribution >= 0.6 is 0 Å². The SMILES string of the molecule is C/C=C/C=C/[C]=C/C[CH]CCCCC. The predicted molar refractivity (Wildman–Crippen MR) is 64.8 cm³/mol. The third-order valence-electron chi connectivity index (χ3n) is 1.91. The van der Waals surface area contributed by atoms with E-state index in [9.17, 15) is 0 Å². The normalized spacial score (nSPS) is 12.4. The van der Waals surface area contributed by atoms with E-state index in [0.29, 0.717) is 0 Å². The molecule has 0 bridgehead atoms. The molecule has 78 valence electrons. The van der Waals surface area contributed by atoms with E-state index >= 15 is 0 Å². The van der Waals surface area contributed by atoms with Crippen LogP contribution in [0.1, 0.15) is 46.0 Å². The third kappa shape index (κ3) is 11.2. The summed E-state index contributed by atoms with van der Waals surface area (Å²) in [6, 6.07) is 0. The molecule has 0 nitrogen and oxygen atoms in total. The van der Waals surface area contributed by atoms with Crippen molar-refractivity contribution in [3.8, 4) is 0 Å². The first kappa shape index (κ1) is 13.2. The zero-order valence-corrected chi connectivity index (χ0v) is 9.50. The van der Waals surface area contributed by atoms with Crippen molar-refractivity contribution in [3.05, 3.63) is 42.9 Å². The van der Waals surface area contributed by atoms with E-state index in [1.54, 1.807) is 0 Å². The second-order valence-electron chi connectivity index (χ2n) is 3.28. The van der Waals surface area contributed by atoms with Gasteiger partial charge < -0.3 is 0 Å². The molecule has 0 aromatic rings. The van der Waals surface area contributed by atoms with Crippen molar-refractivity contribution >= 4 is 0 Å². The summed E-state index contributed by atoms with van der Waals surface area (Å²) in [6.07, 6.45) is 21.8. The van der Waals surface area contributed by atoms with Crippen LogP contribution in [0.2, 0.25) is 0 Å². The molecular weight excluding hydrogens is 168 g/mol. The average Bonchev–Trinajstić information content (AvgIpc) is 2.21. The van der Waals surface area contributed by atoms with Crippen molar-refractivity contribution in [2.75, 3.05) is 0 Å². The highest BCUT2D eigenvalue weighted by molar-refractivity contribution is 5.06. The van der Waals surface area contributed by atoms with E-state index in [2.05, 4.69) is 25.5 Å². The molecule has 0 aromatic carbocycles. The molecule has 0 saturated heterocycles. The predicted octanol–water partition coefficient (Wildman–Crippen LogP) is 4.65. The number of hydrogen-bond donors (Lipinski definition) is 0. The first-order valence-corrected chi connectivity index (χ1v) is 5.59. The molecule has 2 radical (unpaired) electrons. The lowest BCUT2D eigenvalue weighted by Gasteiger charge is -1.94. The first-order valence-electron chi connectivity index (χ1n) is 5.59. The van der Waals surface area contributed by atoms with Crippen LogP contribution in [-0.4, -0.2) is 0 Å². The standard InChI is InChI=1S/C14H22/c1-3-5-7-9-11-13-14-12-10-8-6-4-2/h3,5,7,9,12-13H,4,6,8,10,14H2,1-2H3/b5-3+,9-7+,13-11?. The van der Waals surface area contributed by atoms with Gasteiger partial charge in [-0.15, -0.1) is 0 Å². The van der Waals surface area contributed by atoms with E-state index < -0.39 is 0 Å². The second-order valence-corrected chi connectivity index (χ2v) is 3.28. The maximum Gasteiger partial charge on any atom is -0.0227 e. The molecule has 0 heterocycles. The van der Waals surface area contributed by atoms with Crippen LogP contribution in [0.15, 0.2) is 30.4 Å². The van der Waals surface area contributed by atoms with Gasteiger partial charge in [-0.2, -0.15) is 0 Å². The molecule has 0 fully saturated rings. The molecule has 0 atom stereocenters. The van der Waals surface area contributed by atoms with Crippen LogP contribution in [0.3, 0.4) is 0 Å². The summed E-state index contributed by atoms with van der Waals surface area (Å²) in [7, 11) is 0. The highest BCUT2D eigenvalue weighted by Gasteiger charge is 1.85. The minimum absolute atomic E-state index is 1.05. The summed E-state index contributed by atoms with van der Waals surface area (Å²) in [5.74, 6) is 0. The maximum absolute atomic E-state index is 3.12. The minimum Gasteiger partial charge on any atom is -0.0877 e. The third-order valence-corrected chi connectivity index (χ3v) is 1.91. The number of unbranched alkanes of at least 4 members (excludes halogenated alkanes) is 5. The molecule has 0 heteroatoms. The topological polar surface area (TPSA) is 0 Å². The van der Waals surface area contributed by atoms with Gasteiger partial charge in [0.2, 0.25) is 0 Å². The Hall–Kier alpha value is -0.780. The molecule has 0 saturated carbocycles. The Balaban J connectivity index is 3.18. The summed E-state index contributed by atoms with van der Waals surface area (Å²) in [6.45, 7) is 4.25. The van der Waals surface area contributed by atoms with Gasteiger partial charge in [0, 0.05) is 0 Å². The highest BCUT2D eigenvalue weighted by atomic mass is 13.9. The lowest BCUT2D eigenvalue weighted by molar-refractivity contribution is 0.704. The van der Waals surface area contributed by atoms with Crippen LogP contribution < -0.4 is 0 Å². The fraction of sp³-hybridized carbons (Fsp3) is 0.500. The van der Waals surface area contributed by atoms with Gasteiger partial charge in [-0.3, -0.25) is 0 Å². The highest BCUT2D eigenvalue weighted by Crippen LogP contribution is 2.03. The second kappa shape index (κ2) is 12.2. The smallest absolute Gasteiger partial charge is 0.0227 e.